The zero-order valence-corrected chi connectivity index (χ0v) is 12.6. The highest BCUT2D eigenvalue weighted by Gasteiger charge is 2.15. The summed E-state index contributed by atoms with van der Waals surface area (Å²) in [7, 11) is 0. The van der Waals surface area contributed by atoms with Gasteiger partial charge in [-0.2, -0.15) is 5.10 Å². The number of phenolic OH excluding ortho intramolecular Hbond substituents is 1. The monoisotopic (exact) mass is 314 g/mol. The van der Waals surface area contributed by atoms with Gasteiger partial charge in [-0.3, -0.25) is 4.79 Å². The lowest BCUT2D eigenvalue weighted by molar-refractivity contribution is -0.129. The number of ether oxygens (including phenoxy) is 1. The van der Waals surface area contributed by atoms with E-state index in [2.05, 4.69) is 10.5 Å². The molecule has 0 heterocycles. The number of hydrazone groups is 1. The number of carbonyl (C=O) groups is 1. The predicted octanol–water partition coefficient (Wildman–Crippen LogP) is 1.97. The number of nitrogens with one attached hydrogen (secondary N) is 1. The average molecular weight is 314 g/mol. The molecule has 3 N–H and O–H groups in total. The predicted molar refractivity (Wildman–Crippen MR) is 86.4 cm³/mol. The van der Waals surface area contributed by atoms with Gasteiger partial charge in [0.1, 0.15) is 0 Å². The minimum Gasteiger partial charge on any atom is -0.504 e. The van der Waals surface area contributed by atoms with E-state index in [1.807, 2.05) is 6.92 Å². The first kappa shape index (κ1) is 16.5. The molecule has 2 aromatic carbocycles. The number of aliphatic hydroxyl groups is 1. The van der Waals surface area contributed by atoms with Crippen LogP contribution >= 0.6 is 0 Å². The quantitative estimate of drug-likeness (QED) is 0.561. The molecule has 0 fully saturated rings. The molecule has 0 spiro atoms. The number of phenols is 1. The van der Waals surface area contributed by atoms with Crippen LogP contribution in [0.2, 0.25) is 0 Å². The number of carbonyl (C=O) groups excluding carboxylic acids is 1. The van der Waals surface area contributed by atoms with Crippen LogP contribution in [0.1, 0.15) is 24.2 Å². The second-order valence-corrected chi connectivity index (χ2v) is 4.71. The lowest BCUT2D eigenvalue weighted by Crippen LogP contribution is -2.25. The van der Waals surface area contributed by atoms with Crippen LogP contribution < -0.4 is 10.2 Å². The van der Waals surface area contributed by atoms with Crippen molar-refractivity contribution in [3.63, 3.8) is 0 Å². The van der Waals surface area contributed by atoms with Crippen LogP contribution in [0.15, 0.2) is 53.6 Å². The van der Waals surface area contributed by atoms with Gasteiger partial charge in [0.15, 0.2) is 17.6 Å². The summed E-state index contributed by atoms with van der Waals surface area (Å²) in [6.45, 7) is 2.24. The zero-order chi connectivity index (χ0) is 16.7. The van der Waals surface area contributed by atoms with Crippen LogP contribution in [0, 0.1) is 0 Å². The summed E-state index contributed by atoms with van der Waals surface area (Å²) in [5.74, 6) is -0.254. The van der Waals surface area contributed by atoms with Crippen molar-refractivity contribution in [2.75, 3.05) is 6.61 Å². The summed E-state index contributed by atoms with van der Waals surface area (Å²) in [5, 5.41) is 23.3. The van der Waals surface area contributed by atoms with Gasteiger partial charge in [0.2, 0.25) is 0 Å². The van der Waals surface area contributed by atoms with Crippen molar-refractivity contribution in [3.05, 3.63) is 59.7 Å². The second-order valence-electron chi connectivity index (χ2n) is 4.71. The molecule has 1 amide bonds. The topological polar surface area (TPSA) is 91.2 Å². The van der Waals surface area contributed by atoms with E-state index in [0.29, 0.717) is 23.5 Å². The molecule has 6 nitrogen and oxygen atoms in total. The highest BCUT2D eigenvalue weighted by molar-refractivity contribution is 5.85. The fourth-order valence-electron chi connectivity index (χ4n) is 1.90. The molecular weight excluding hydrogens is 296 g/mol. The van der Waals surface area contributed by atoms with Gasteiger partial charge in [0.05, 0.1) is 12.8 Å². The smallest absolute Gasteiger partial charge is 0.273 e. The molecule has 0 aromatic heterocycles. The van der Waals surface area contributed by atoms with Gasteiger partial charge in [-0.05, 0) is 36.2 Å². The molecule has 0 aliphatic rings. The SMILES string of the molecule is CCOc1cc(/C=N/NC(=O)C(O)c2ccccc2)ccc1O. The Bertz CT molecular complexity index is 686. The first-order chi connectivity index (χ1) is 11.1. The van der Waals surface area contributed by atoms with E-state index in [-0.39, 0.29) is 5.75 Å². The van der Waals surface area contributed by atoms with E-state index in [1.54, 1.807) is 42.5 Å². The van der Waals surface area contributed by atoms with E-state index < -0.39 is 12.0 Å². The normalized spacial score (nSPS) is 12.1. The van der Waals surface area contributed by atoms with E-state index in [9.17, 15) is 15.0 Å². The summed E-state index contributed by atoms with van der Waals surface area (Å²) in [6, 6.07) is 13.3. The molecule has 2 aromatic rings. The Labute approximate surface area is 134 Å². The number of rotatable bonds is 6. The maximum absolute atomic E-state index is 11.8. The Hall–Kier alpha value is -2.86. The van der Waals surface area contributed by atoms with Gasteiger partial charge in [-0.15, -0.1) is 0 Å². The number of aromatic hydroxyl groups is 1. The Morgan fingerprint density at radius 3 is 2.74 bits per heavy atom. The average Bonchev–Trinajstić information content (AvgIpc) is 2.58. The van der Waals surface area contributed by atoms with Crippen LogP contribution in [0.3, 0.4) is 0 Å². The fraction of sp³-hybridized carbons (Fsp3) is 0.176. The number of aliphatic hydroxyl groups excluding tert-OH is 1. The van der Waals surface area contributed by atoms with Crippen LogP contribution in [0.5, 0.6) is 11.5 Å². The third-order valence-corrected chi connectivity index (χ3v) is 3.04. The van der Waals surface area contributed by atoms with Gasteiger partial charge in [0.25, 0.3) is 5.91 Å². The number of benzene rings is 2. The van der Waals surface area contributed by atoms with Gasteiger partial charge in [0, 0.05) is 0 Å². The number of nitrogens with zero attached hydrogens (tertiary/aromatic N) is 1. The Kier molecular flexibility index (Phi) is 5.71. The number of amides is 1. The first-order valence-electron chi connectivity index (χ1n) is 7.13. The molecule has 23 heavy (non-hydrogen) atoms. The van der Waals surface area contributed by atoms with Crippen molar-refractivity contribution in [2.45, 2.75) is 13.0 Å². The van der Waals surface area contributed by atoms with E-state index >= 15 is 0 Å². The van der Waals surface area contributed by atoms with Crippen LogP contribution in [0.4, 0.5) is 0 Å². The molecule has 1 unspecified atom stereocenters. The number of hydrogen-bond donors (Lipinski definition) is 3. The first-order valence-corrected chi connectivity index (χ1v) is 7.13. The summed E-state index contributed by atoms with van der Waals surface area (Å²) >= 11 is 0. The second kappa shape index (κ2) is 7.95. The van der Waals surface area contributed by atoms with Crippen molar-refractivity contribution >= 4 is 12.1 Å². The minimum absolute atomic E-state index is 0.0348. The van der Waals surface area contributed by atoms with Crippen LogP contribution in [0.25, 0.3) is 0 Å². The Balaban J connectivity index is 1.98. The fourth-order valence-corrected chi connectivity index (χ4v) is 1.90. The Morgan fingerprint density at radius 2 is 2.04 bits per heavy atom. The van der Waals surface area contributed by atoms with E-state index in [4.69, 9.17) is 4.74 Å². The molecule has 0 bridgehead atoms. The largest absolute Gasteiger partial charge is 0.504 e. The molecule has 6 heteroatoms. The van der Waals surface area contributed by atoms with E-state index in [0.717, 1.165) is 0 Å². The summed E-state index contributed by atoms with van der Waals surface area (Å²) < 4.78 is 5.26. The molecule has 0 saturated heterocycles. The van der Waals surface area contributed by atoms with Crippen molar-refractivity contribution in [3.8, 4) is 11.5 Å². The highest BCUT2D eigenvalue weighted by Crippen LogP contribution is 2.26. The molecule has 0 aliphatic carbocycles. The third-order valence-electron chi connectivity index (χ3n) is 3.04. The third kappa shape index (κ3) is 4.55. The molecule has 0 aliphatic heterocycles. The molecule has 1 atom stereocenters. The van der Waals surface area contributed by atoms with Gasteiger partial charge >= 0.3 is 0 Å². The van der Waals surface area contributed by atoms with Crippen molar-refractivity contribution in [2.24, 2.45) is 5.10 Å². The van der Waals surface area contributed by atoms with E-state index in [1.165, 1.54) is 12.3 Å². The van der Waals surface area contributed by atoms with Crippen LogP contribution in [-0.2, 0) is 4.79 Å². The van der Waals surface area contributed by atoms with Crippen molar-refractivity contribution in [1.29, 1.82) is 0 Å². The molecule has 0 radical (unpaired) electrons. The highest BCUT2D eigenvalue weighted by atomic mass is 16.5. The molecular formula is C17H18N2O4. The summed E-state index contributed by atoms with van der Waals surface area (Å²) in [4.78, 5) is 11.8. The van der Waals surface area contributed by atoms with Gasteiger partial charge < -0.3 is 14.9 Å². The van der Waals surface area contributed by atoms with Crippen LogP contribution in [-0.4, -0.2) is 28.9 Å². The maximum Gasteiger partial charge on any atom is 0.273 e. The summed E-state index contributed by atoms with van der Waals surface area (Å²) in [6.07, 6.45) is 0.115. The number of hydrogen-bond acceptors (Lipinski definition) is 5. The zero-order valence-electron chi connectivity index (χ0n) is 12.6. The van der Waals surface area contributed by atoms with Crippen molar-refractivity contribution in [1.82, 2.24) is 5.43 Å². The molecule has 2 rings (SSSR count). The maximum atomic E-state index is 11.8. The lowest BCUT2D eigenvalue weighted by atomic mass is 10.1. The van der Waals surface area contributed by atoms with Crippen molar-refractivity contribution < 1.29 is 19.7 Å². The molecule has 120 valence electrons. The standard InChI is InChI=1S/C17H18N2O4/c1-2-23-15-10-12(8-9-14(15)20)11-18-19-17(22)16(21)13-6-4-3-5-7-13/h3-11,16,20-21H,2H2,1H3,(H,19,22)/b18-11+. The Morgan fingerprint density at radius 1 is 1.30 bits per heavy atom. The van der Waals surface area contributed by atoms with Gasteiger partial charge in [-0.25, -0.2) is 5.43 Å². The summed E-state index contributed by atoms with van der Waals surface area (Å²) in [5.41, 5.74) is 3.40. The lowest BCUT2D eigenvalue weighted by Gasteiger charge is -2.08. The minimum atomic E-state index is -1.29. The molecule has 0 saturated carbocycles. The van der Waals surface area contributed by atoms with Gasteiger partial charge in [-0.1, -0.05) is 30.3 Å².